The average molecular weight is 449 g/mol. The minimum Gasteiger partial charge on any atom is -0.497 e. The second-order valence-corrected chi connectivity index (χ2v) is 7.33. The van der Waals surface area contributed by atoms with Crippen LogP contribution in [0.4, 0.5) is 0 Å². The van der Waals surface area contributed by atoms with Crippen LogP contribution in [0.25, 0.3) is 0 Å². The summed E-state index contributed by atoms with van der Waals surface area (Å²) < 4.78 is 5.33. The number of nitrogens with one attached hydrogen (secondary N) is 2. The van der Waals surface area contributed by atoms with Crippen molar-refractivity contribution < 1.29 is 14.3 Å². The van der Waals surface area contributed by atoms with E-state index in [9.17, 15) is 9.59 Å². The predicted octanol–water partition coefficient (Wildman–Crippen LogP) is 1.89. The van der Waals surface area contributed by atoms with Gasteiger partial charge in [0.25, 0.3) is 0 Å². The maximum absolute atomic E-state index is 12.2. The molecule has 1 fully saturated rings. The van der Waals surface area contributed by atoms with Gasteiger partial charge in [-0.15, -0.1) is 24.8 Å². The highest BCUT2D eigenvalue weighted by Crippen LogP contribution is 2.27. The second kappa shape index (κ2) is 13.6. The van der Waals surface area contributed by atoms with Crippen LogP contribution in [-0.4, -0.2) is 56.0 Å². The Morgan fingerprint density at radius 1 is 1.17 bits per heavy atom. The molecule has 1 aliphatic rings. The van der Waals surface area contributed by atoms with Gasteiger partial charge in [-0.2, -0.15) is 0 Å². The van der Waals surface area contributed by atoms with Crippen molar-refractivity contribution >= 4 is 36.6 Å². The van der Waals surface area contributed by atoms with Gasteiger partial charge in [0.2, 0.25) is 11.8 Å². The lowest BCUT2D eigenvalue weighted by Crippen LogP contribution is -2.48. The maximum Gasteiger partial charge on any atom is 0.239 e. The Hall–Kier alpha value is -1.54. The summed E-state index contributed by atoms with van der Waals surface area (Å²) in [7, 11) is 1.65. The van der Waals surface area contributed by atoms with Crippen LogP contribution in [-0.2, 0) is 9.59 Å². The molecule has 2 amide bonds. The van der Waals surface area contributed by atoms with Gasteiger partial charge in [0.15, 0.2) is 0 Å². The molecule has 166 valence electrons. The SMILES string of the molecule is COc1cccc(C(CNC(=O)CNC(=O)[C@@H](N)C(C)C)N2CCCC2)c1.Cl.Cl. The number of carbonyl (C=O) groups is 2. The molecule has 1 saturated heterocycles. The largest absolute Gasteiger partial charge is 0.497 e. The van der Waals surface area contributed by atoms with Gasteiger partial charge in [-0.05, 0) is 49.5 Å². The summed E-state index contributed by atoms with van der Waals surface area (Å²) in [6, 6.07) is 7.43. The van der Waals surface area contributed by atoms with Crippen molar-refractivity contribution in [2.45, 2.75) is 38.8 Å². The number of nitrogens with two attached hydrogens (primary N) is 1. The van der Waals surface area contributed by atoms with Crippen LogP contribution in [0.15, 0.2) is 24.3 Å². The summed E-state index contributed by atoms with van der Waals surface area (Å²) in [4.78, 5) is 26.5. The number of halogens is 2. The first-order valence-corrected chi connectivity index (χ1v) is 9.60. The first-order valence-electron chi connectivity index (χ1n) is 9.60. The molecule has 0 aliphatic carbocycles. The maximum atomic E-state index is 12.2. The van der Waals surface area contributed by atoms with Crippen molar-refractivity contribution in [1.82, 2.24) is 15.5 Å². The molecule has 2 atom stereocenters. The molecule has 2 rings (SSSR count). The third kappa shape index (κ3) is 8.38. The highest BCUT2D eigenvalue weighted by Gasteiger charge is 2.24. The summed E-state index contributed by atoms with van der Waals surface area (Å²) in [5.74, 6) is 0.314. The molecule has 0 aromatic heterocycles. The number of methoxy groups -OCH3 is 1. The van der Waals surface area contributed by atoms with E-state index in [-0.39, 0.29) is 55.1 Å². The summed E-state index contributed by atoms with van der Waals surface area (Å²) in [6.07, 6.45) is 2.33. The van der Waals surface area contributed by atoms with Crippen LogP contribution in [0.3, 0.4) is 0 Å². The molecule has 1 aliphatic heterocycles. The van der Waals surface area contributed by atoms with Gasteiger partial charge in [-0.3, -0.25) is 14.5 Å². The number of benzene rings is 1. The Morgan fingerprint density at radius 2 is 1.83 bits per heavy atom. The van der Waals surface area contributed by atoms with Gasteiger partial charge >= 0.3 is 0 Å². The Bertz CT molecular complexity index is 640. The first-order chi connectivity index (χ1) is 12.9. The number of nitrogens with zero attached hydrogens (tertiary/aromatic N) is 1. The highest BCUT2D eigenvalue weighted by molar-refractivity contribution is 5.87. The molecule has 7 nitrogen and oxygen atoms in total. The monoisotopic (exact) mass is 448 g/mol. The Labute approximate surface area is 185 Å². The fraction of sp³-hybridized carbons (Fsp3) is 0.600. The van der Waals surface area contributed by atoms with Crippen LogP contribution in [0.2, 0.25) is 0 Å². The molecule has 1 aromatic rings. The van der Waals surface area contributed by atoms with E-state index in [1.165, 1.54) is 0 Å². The minimum atomic E-state index is -0.605. The summed E-state index contributed by atoms with van der Waals surface area (Å²) in [5.41, 5.74) is 6.91. The molecule has 1 aromatic carbocycles. The van der Waals surface area contributed by atoms with Gasteiger partial charge in [-0.25, -0.2) is 0 Å². The molecule has 0 spiro atoms. The normalized spacial score (nSPS) is 15.6. The van der Waals surface area contributed by atoms with E-state index in [4.69, 9.17) is 10.5 Å². The lowest BCUT2D eigenvalue weighted by atomic mass is 10.0. The molecule has 1 heterocycles. The van der Waals surface area contributed by atoms with Gasteiger partial charge in [0, 0.05) is 6.54 Å². The quantitative estimate of drug-likeness (QED) is 0.535. The highest BCUT2D eigenvalue weighted by atomic mass is 35.5. The fourth-order valence-electron chi connectivity index (χ4n) is 3.22. The molecule has 29 heavy (non-hydrogen) atoms. The van der Waals surface area contributed by atoms with Crippen molar-refractivity contribution in [1.29, 1.82) is 0 Å². The fourth-order valence-corrected chi connectivity index (χ4v) is 3.22. The third-order valence-corrected chi connectivity index (χ3v) is 5.00. The lowest BCUT2D eigenvalue weighted by Gasteiger charge is -2.28. The van der Waals surface area contributed by atoms with Crippen molar-refractivity contribution in [2.24, 2.45) is 11.7 Å². The zero-order valence-corrected chi connectivity index (χ0v) is 19.0. The molecular formula is C20H34Cl2N4O3. The van der Waals surface area contributed by atoms with E-state index in [0.717, 1.165) is 37.2 Å². The number of rotatable bonds is 9. The first kappa shape index (κ1) is 27.5. The smallest absolute Gasteiger partial charge is 0.239 e. The van der Waals surface area contributed by atoms with E-state index in [1.54, 1.807) is 7.11 Å². The van der Waals surface area contributed by atoms with Crippen LogP contribution >= 0.6 is 24.8 Å². The van der Waals surface area contributed by atoms with Crippen molar-refractivity contribution in [3.05, 3.63) is 29.8 Å². The number of hydrogen-bond donors (Lipinski definition) is 3. The number of amides is 2. The lowest BCUT2D eigenvalue weighted by molar-refractivity contribution is -0.127. The second-order valence-electron chi connectivity index (χ2n) is 7.33. The molecule has 4 N–H and O–H groups in total. The molecule has 1 unspecified atom stereocenters. The van der Waals surface area contributed by atoms with Crippen LogP contribution in [0.5, 0.6) is 5.75 Å². The standard InChI is InChI=1S/C20H32N4O3.2ClH/c1-14(2)19(21)20(26)23-13-18(25)22-12-17(24-9-4-5-10-24)15-7-6-8-16(11-15)27-3;;/h6-8,11,14,17,19H,4-5,9-10,12-13,21H2,1-3H3,(H,22,25)(H,23,26);2*1H/t17?,19-;;/m0../s1. The van der Waals surface area contributed by atoms with Crippen molar-refractivity contribution in [3.8, 4) is 5.75 Å². The van der Waals surface area contributed by atoms with E-state index in [2.05, 4.69) is 21.6 Å². The summed E-state index contributed by atoms with van der Waals surface area (Å²) in [6.45, 7) is 6.19. The van der Waals surface area contributed by atoms with Gasteiger partial charge < -0.3 is 21.1 Å². The predicted molar refractivity (Wildman–Crippen MR) is 120 cm³/mol. The van der Waals surface area contributed by atoms with Crippen LogP contribution in [0.1, 0.15) is 38.3 Å². The molecule has 0 saturated carbocycles. The number of likely N-dealkylation sites (tertiary alicyclic amines) is 1. The number of carbonyl (C=O) groups excluding carboxylic acids is 2. The Kier molecular flexibility index (Phi) is 12.9. The molecule has 0 bridgehead atoms. The summed E-state index contributed by atoms with van der Waals surface area (Å²) >= 11 is 0. The van der Waals surface area contributed by atoms with Gasteiger partial charge in [0.05, 0.1) is 25.7 Å². The minimum absolute atomic E-state index is 0. The zero-order chi connectivity index (χ0) is 19.8. The topological polar surface area (TPSA) is 96.7 Å². The van der Waals surface area contributed by atoms with Crippen LogP contribution < -0.4 is 21.1 Å². The van der Waals surface area contributed by atoms with E-state index >= 15 is 0 Å². The average Bonchev–Trinajstić information content (AvgIpc) is 3.20. The van der Waals surface area contributed by atoms with Crippen molar-refractivity contribution in [3.63, 3.8) is 0 Å². The van der Waals surface area contributed by atoms with Gasteiger partial charge in [0.1, 0.15) is 5.75 Å². The number of hydrogen-bond acceptors (Lipinski definition) is 5. The van der Waals surface area contributed by atoms with E-state index in [1.807, 2.05) is 32.0 Å². The Morgan fingerprint density at radius 3 is 2.41 bits per heavy atom. The third-order valence-electron chi connectivity index (χ3n) is 5.00. The summed E-state index contributed by atoms with van der Waals surface area (Å²) in [5, 5.41) is 5.55. The molecule has 9 heteroatoms. The van der Waals surface area contributed by atoms with Crippen LogP contribution in [0, 0.1) is 5.92 Å². The van der Waals surface area contributed by atoms with E-state index < -0.39 is 6.04 Å². The number of ether oxygens (including phenoxy) is 1. The van der Waals surface area contributed by atoms with Crippen molar-refractivity contribution in [2.75, 3.05) is 33.3 Å². The molecular weight excluding hydrogens is 415 g/mol. The molecule has 0 radical (unpaired) electrons. The zero-order valence-electron chi connectivity index (χ0n) is 17.3. The van der Waals surface area contributed by atoms with Gasteiger partial charge in [-0.1, -0.05) is 26.0 Å². The Balaban J connectivity index is 0.00000392. The van der Waals surface area contributed by atoms with E-state index in [0.29, 0.717) is 6.54 Å².